The summed E-state index contributed by atoms with van der Waals surface area (Å²) in [4.78, 5) is 21.8. The van der Waals surface area contributed by atoms with Gasteiger partial charge in [0.1, 0.15) is 5.82 Å². The molecule has 0 spiro atoms. The molecule has 1 fully saturated rings. The van der Waals surface area contributed by atoms with Gasteiger partial charge in [-0.15, -0.1) is 0 Å². The molecule has 0 unspecified atom stereocenters. The van der Waals surface area contributed by atoms with E-state index in [-0.39, 0.29) is 11.7 Å². The van der Waals surface area contributed by atoms with E-state index in [1.54, 1.807) is 18.3 Å². The lowest BCUT2D eigenvalue weighted by Crippen LogP contribution is -2.40. The molecular weight excluding hydrogens is 337 g/mol. The minimum Gasteiger partial charge on any atom is -0.342 e. The highest BCUT2D eigenvalue weighted by Crippen LogP contribution is 2.27. The molecule has 0 saturated heterocycles. The van der Waals surface area contributed by atoms with Gasteiger partial charge in [-0.1, -0.05) is 18.7 Å². The van der Waals surface area contributed by atoms with Crippen LogP contribution in [0.4, 0.5) is 4.39 Å². The SMILES string of the molecule is CC1CCC(N(C)C(=O)CSc2ncc(-c3ccc(F)cc3)[nH]2)CC1. The minimum atomic E-state index is -0.261. The first-order valence-electron chi connectivity index (χ1n) is 8.72. The largest absolute Gasteiger partial charge is 0.342 e. The maximum atomic E-state index is 13.0. The van der Waals surface area contributed by atoms with E-state index in [0.717, 1.165) is 30.0 Å². The molecule has 2 aromatic rings. The fraction of sp³-hybridized carbons (Fsp3) is 0.474. The van der Waals surface area contributed by atoms with Crippen molar-refractivity contribution in [3.8, 4) is 11.3 Å². The summed E-state index contributed by atoms with van der Waals surface area (Å²) in [5.41, 5.74) is 1.70. The Balaban J connectivity index is 1.53. The van der Waals surface area contributed by atoms with Gasteiger partial charge in [-0.05, 0) is 61.4 Å². The van der Waals surface area contributed by atoms with Crippen molar-refractivity contribution >= 4 is 17.7 Å². The van der Waals surface area contributed by atoms with E-state index in [1.807, 2.05) is 11.9 Å². The molecule has 0 radical (unpaired) electrons. The van der Waals surface area contributed by atoms with Crippen molar-refractivity contribution < 1.29 is 9.18 Å². The van der Waals surface area contributed by atoms with Crippen LogP contribution in [-0.4, -0.2) is 39.6 Å². The van der Waals surface area contributed by atoms with Crippen LogP contribution in [0.5, 0.6) is 0 Å². The van der Waals surface area contributed by atoms with Gasteiger partial charge in [0.15, 0.2) is 5.16 Å². The van der Waals surface area contributed by atoms with E-state index < -0.39 is 0 Å². The summed E-state index contributed by atoms with van der Waals surface area (Å²) < 4.78 is 13.0. The highest BCUT2D eigenvalue weighted by Gasteiger charge is 2.24. The number of hydrogen-bond donors (Lipinski definition) is 1. The predicted octanol–water partition coefficient (Wildman–Crippen LogP) is 4.35. The third-order valence-electron chi connectivity index (χ3n) is 4.97. The molecule has 1 aliphatic rings. The predicted molar refractivity (Wildman–Crippen MR) is 98.9 cm³/mol. The zero-order valence-corrected chi connectivity index (χ0v) is 15.5. The molecule has 1 N–H and O–H groups in total. The average Bonchev–Trinajstić information content (AvgIpc) is 3.09. The van der Waals surface area contributed by atoms with Crippen molar-refractivity contribution in [2.24, 2.45) is 5.92 Å². The zero-order chi connectivity index (χ0) is 17.8. The van der Waals surface area contributed by atoms with Crippen LogP contribution in [0.15, 0.2) is 35.6 Å². The highest BCUT2D eigenvalue weighted by molar-refractivity contribution is 7.99. The van der Waals surface area contributed by atoms with E-state index in [9.17, 15) is 9.18 Å². The van der Waals surface area contributed by atoms with E-state index in [2.05, 4.69) is 16.9 Å². The maximum Gasteiger partial charge on any atom is 0.233 e. The Bertz CT molecular complexity index is 708. The number of benzene rings is 1. The number of H-pyrrole nitrogens is 1. The van der Waals surface area contributed by atoms with Crippen LogP contribution in [0.2, 0.25) is 0 Å². The van der Waals surface area contributed by atoms with Gasteiger partial charge in [0, 0.05) is 13.1 Å². The normalized spacial score (nSPS) is 20.4. The Morgan fingerprint density at radius 3 is 2.64 bits per heavy atom. The van der Waals surface area contributed by atoms with Crippen LogP contribution < -0.4 is 0 Å². The smallest absolute Gasteiger partial charge is 0.233 e. The van der Waals surface area contributed by atoms with Gasteiger partial charge in [-0.2, -0.15) is 0 Å². The molecule has 0 bridgehead atoms. The van der Waals surface area contributed by atoms with E-state index in [1.165, 1.54) is 36.7 Å². The maximum absolute atomic E-state index is 13.0. The molecule has 3 rings (SSSR count). The molecular formula is C19H24FN3OS. The Morgan fingerprint density at radius 2 is 1.96 bits per heavy atom. The summed E-state index contributed by atoms with van der Waals surface area (Å²) in [6, 6.07) is 6.63. The zero-order valence-electron chi connectivity index (χ0n) is 14.7. The Hall–Kier alpha value is -1.82. The molecule has 25 heavy (non-hydrogen) atoms. The summed E-state index contributed by atoms with van der Waals surface area (Å²) in [5.74, 6) is 1.04. The van der Waals surface area contributed by atoms with Gasteiger partial charge in [0.25, 0.3) is 0 Å². The fourth-order valence-electron chi connectivity index (χ4n) is 3.22. The molecule has 1 aromatic carbocycles. The lowest BCUT2D eigenvalue weighted by molar-refractivity contribution is -0.129. The molecule has 1 amide bonds. The molecule has 6 heteroatoms. The third kappa shape index (κ3) is 4.63. The molecule has 0 aliphatic heterocycles. The second-order valence-electron chi connectivity index (χ2n) is 6.82. The monoisotopic (exact) mass is 361 g/mol. The lowest BCUT2D eigenvalue weighted by Gasteiger charge is -2.33. The van der Waals surface area contributed by atoms with Crippen molar-refractivity contribution in [1.29, 1.82) is 0 Å². The quantitative estimate of drug-likeness (QED) is 0.806. The van der Waals surface area contributed by atoms with Crippen molar-refractivity contribution in [3.05, 3.63) is 36.3 Å². The molecule has 1 aromatic heterocycles. The van der Waals surface area contributed by atoms with E-state index >= 15 is 0 Å². The topological polar surface area (TPSA) is 49.0 Å². The summed E-state index contributed by atoms with van der Waals surface area (Å²) in [7, 11) is 1.91. The Kier molecular flexibility index (Phi) is 5.78. The van der Waals surface area contributed by atoms with Crippen LogP contribution in [0.25, 0.3) is 11.3 Å². The number of halogens is 1. The van der Waals surface area contributed by atoms with Gasteiger partial charge >= 0.3 is 0 Å². The number of aromatic amines is 1. The van der Waals surface area contributed by atoms with Gasteiger partial charge in [0.05, 0.1) is 17.6 Å². The number of nitrogens with zero attached hydrogens (tertiary/aromatic N) is 2. The van der Waals surface area contributed by atoms with Crippen LogP contribution in [0.1, 0.15) is 32.6 Å². The van der Waals surface area contributed by atoms with Gasteiger partial charge < -0.3 is 9.88 Å². The van der Waals surface area contributed by atoms with Crippen LogP contribution in [0.3, 0.4) is 0 Å². The number of nitrogens with one attached hydrogen (secondary N) is 1. The first-order valence-corrected chi connectivity index (χ1v) is 9.71. The summed E-state index contributed by atoms with van der Waals surface area (Å²) >= 11 is 1.41. The first-order chi connectivity index (χ1) is 12.0. The molecule has 1 heterocycles. The molecule has 134 valence electrons. The van der Waals surface area contributed by atoms with Crippen LogP contribution >= 0.6 is 11.8 Å². The van der Waals surface area contributed by atoms with Crippen molar-refractivity contribution in [3.63, 3.8) is 0 Å². The molecule has 1 aliphatic carbocycles. The second kappa shape index (κ2) is 8.04. The summed E-state index contributed by atoms with van der Waals surface area (Å²) in [6.07, 6.45) is 6.32. The van der Waals surface area contributed by atoms with Crippen LogP contribution in [-0.2, 0) is 4.79 Å². The first kappa shape index (κ1) is 18.0. The standard InChI is InChI=1S/C19H24FN3OS/c1-13-3-9-16(10-4-13)23(2)18(24)12-25-19-21-11-17(22-19)14-5-7-15(20)8-6-14/h5-8,11,13,16H,3-4,9-10,12H2,1-2H3,(H,21,22). The number of hydrogen-bond acceptors (Lipinski definition) is 3. The van der Waals surface area contributed by atoms with E-state index in [4.69, 9.17) is 0 Å². The number of carbonyl (C=O) groups is 1. The number of amides is 1. The molecule has 0 atom stereocenters. The van der Waals surface area contributed by atoms with Gasteiger partial charge in [-0.3, -0.25) is 4.79 Å². The number of aromatic nitrogens is 2. The number of imidazole rings is 1. The number of rotatable bonds is 5. The Labute approximate surface area is 152 Å². The van der Waals surface area contributed by atoms with E-state index in [0.29, 0.717) is 17.0 Å². The summed E-state index contributed by atoms with van der Waals surface area (Å²) in [6.45, 7) is 2.28. The molecule has 4 nitrogen and oxygen atoms in total. The number of carbonyl (C=O) groups excluding carboxylic acids is 1. The third-order valence-corrected chi connectivity index (χ3v) is 5.84. The van der Waals surface area contributed by atoms with Crippen LogP contribution in [0, 0.1) is 11.7 Å². The minimum absolute atomic E-state index is 0.143. The molecule has 1 saturated carbocycles. The second-order valence-corrected chi connectivity index (χ2v) is 7.78. The highest BCUT2D eigenvalue weighted by atomic mass is 32.2. The lowest BCUT2D eigenvalue weighted by atomic mass is 9.87. The average molecular weight is 361 g/mol. The van der Waals surface area contributed by atoms with Crippen molar-refractivity contribution in [2.75, 3.05) is 12.8 Å². The fourth-order valence-corrected chi connectivity index (χ4v) is 3.99. The van der Waals surface area contributed by atoms with Crippen molar-refractivity contribution in [2.45, 2.75) is 43.8 Å². The number of thioether (sulfide) groups is 1. The summed E-state index contributed by atoms with van der Waals surface area (Å²) in [5, 5.41) is 0.707. The van der Waals surface area contributed by atoms with Gasteiger partial charge in [0.2, 0.25) is 5.91 Å². The Morgan fingerprint density at radius 1 is 1.28 bits per heavy atom. The van der Waals surface area contributed by atoms with Crippen molar-refractivity contribution in [1.82, 2.24) is 14.9 Å². The van der Waals surface area contributed by atoms with Gasteiger partial charge in [-0.25, -0.2) is 9.37 Å².